The minimum atomic E-state index is -0.401. The highest BCUT2D eigenvalue weighted by atomic mass is 35.5. The van der Waals surface area contributed by atoms with Gasteiger partial charge < -0.3 is 19.7 Å². The lowest BCUT2D eigenvalue weighted by Gasteiger charge is -2.19. The van der Waals surface area contributed by atoms with Gasteiger partial charge >= 0.3 is 0 Å². The quantitative estimate of drug-likeness (QED) is 0.596. The van der Waals surface area contributed by atoms with Crippen molar-refractivity contribution in [1.82, 2.24) is 9.88 Å². The molecule has 1 N–H and O–H groups in total. The zero-order valence-electron chi connectivity index (χ0n) is 17.4. The van der Waals surface area contributed by atoms with Gasteiger partial charge in [0.2, 0.25) is 5.88 Å². The van der Waals surface area contributed by atoms with Crippen LogP contribution in [0.2, 0.25) is 10.0 Å². The molecule has 162 valence electrons. The van der Waals surface area contributed by atoms with Crippen LogP contribution in [-0.4, -0.2) is 47.5 Å². The fourth-order valence-corrected chi connectivity index (χ4v) is 3.01. The molecule has 0 aliphatic carbocycles. The van der Waals surface area contributed by atoms with Gasteiger partial charge in [0.25, 0.3) is 11.8 Å². The molecule has 0 saturated carbocycles. The Morgan fingerprint density at radius 3 is 2.40 bits per heavy atom. The molecule has 7 nitrogen and oxygen atoms in total. The lowest BCUT2D eigenvalue weighted by molar-refractivity contribution is -0.132. The second kappa shape index (κ2) is 11.0. The zero-order valence-corrected chi connectivity index (χ0v) is 18.9. The molecule has 9 heteroatoms. The van der Waals surface area contributed by atoms with Gasteiger partial charge in [-0.25, -0.2) is 4.98 Å². The molecule has 2 rings (SSSR count). The predicted molar refractivity (Wildman–Crippen MR) is 118 cm³/mol. The molecule has 0 saturated heterocycles. The monoisotopic (exact) mass is 453 g/mol. The lowest BCUT2D eigenvalue weighted by atomic mass is 10.2. The van der Waals surface area contributed by atoms with Crippen molar-refractivity contribution in [2.75, 3.05) is 25.0 Å². The van der Waals surface area contributed by atoms with E-state index in [0.29, 0.717) is 24.5 Å². The number of hydrogen-bond donors (Lipinski definition) is 1. The van der Waals surface area contributed by atoms with Gasteiger partial charge in [-0.3, -0.25) is 9.59 Å². The molecule has 1 aromatic carbocycles. The first-order valence-corrected chi connectivity index (χ1v) is 10.3. The van der Waals surface area contributed by atoms with E-state index >= 15 is 0 Å². The minimum absolute atomic E-state index is 0.0835. The molecule has 0 atom stereocenters. The summed E-state index contributed by atoms with van der Waals surface area (Å²) in [5.74, 6) is 0.103. The van der Waals surface area contributed by atoms with Gasteiger partial charge in [-0.1, -0.05) is 23.2 Å². The van der Waals surface area contributed by atoms with E-state index in [9.17, 15) is 9.59 Å². The van der Waals surface area contributed by atoms with E-state index in [1.807, 2.05) is 27.7 Å². The van der Waals surface area contributed by atoms with Gasteiger partial charge in [0.15, 0.2) is 6.61 Å². The van der Waals surface area contributed by atoms with Gasteiger partial charge in [-0.2, -0.15) is 0 Å². The van der Waals surface area contributed by atoms with Crippen LogP contribution in [0.5, 0.6) is 11.6 Å². The van der Waals surface area contributed by atoms with Crippen LogP contribution in [0.15, 0.2) is 30.5 Å². The van der Waals surface area contributed by atoms with Gasteiger partial charge in [0.1, 0.15) is 10.8 Å². The molecule has 1 heterocycles. The summed E-state index contributed by atoms with van der Waals surface area (Å²) in [6.07, 6.45) is 1.30. The Bertz CT molecular complexity index is 902. The van der Waals surface area contributed by atoms with Crippen molar-refractivity contribution in [2.45, 2.75) is 33.8 Å². The van der Waals surface area contributed by atoms with Crippen LogP contribution in [0, 0.1) is 0 Å². The van der Waals surface area contributed by atoms with E-state index in [2.05, 4.69) is 10.3 Å². The highest BCUT2D eigenvalue weighted by Crippen LogP contribution is 2.28. The van der Waals surface area contributed by atoms with Gasteiger partial charge in [0.05, 0.1) is 16.7 Å². The number of hydrogen-bond acceptors (Lipinski definition) is 5. The summed E-state index contributed by atoms with van der Waals surface area (Å²) in [6.45, 7) is 8.63. The highest BCUT2D eigenvalue weighted by Gasteiger charge is 2.14. The summed E-state index contributed by atoms with van der Waals surface area (Å²) in [7, 11) is 0. The summed E-state index contributed by atoms with van der Waals surface area (Å²) in [4.78, 5) is 30.3. The molecular weight excluding hydrogens is 429 g/mol. The number of halogens is 2. The Morgan fingerprint density at radius 2 is 1.83 bits per heavy atom. The Labute approximate surface area is 186 Å². The van der Waals surface area contributed by atoms with Crippen LogP contribution in [0.1, 0.15) is 38.1 Å². The summed E-state index contributed by atoms with van der Waals surface area (Å²) in [6, 6.07) is 6.26. The molecule has 0 aliphatic rings. The Hall–Kier alpha value is -2.51. The van der Waals surface area contributed by atoms with E-state index in [-0.39, 0.29) is 40.1 Å². The van der Waals surface area contributed by atoms with Crippen molar-refractivity contribution in [3.8, 4) is 11.6 Å². The van der Waals surface area contributed by atoms with Crippen LogP contribution >= 0.6 is 23.2 Å². The average molecular weight is 454 g/mol. The summed E-state index contributed by atoms with van der Waals surface area (Å²) < 4.78 is 11.0. The standard InChI is InChI=1S/C21H25Cl2N3O4/c1-5-26(6-2)19(27)12-29-18-8-7-15(10-16(18)22)25-20(28)14-9-17(23)21(24-11-14)30-13(3)4/h7-11,13H,5-6,12H2,1-4H3,(H,25,28). The lowest BCUT2D eigenvalue weighted by Crippen LogP contribution is -2.34. The molecule has 1 aromatic heterocycles. The Balaban J connectivity index is 2.02. The molecule has 0 spiro atoms. The molecule has 0 radical (unpaired) electrons. The second-order valence-corrected chi connectivity index (χ2v) is 7.45. The first kappa shape index (κ1) is 23.8. The number of anilines is 1. The van der Waals surface area contributed by atoms with Crippen LogP contribution in [0.25, 0.3) is 0 Å². The van der Waals surface area contributed by atoms with Crippen molar-refractivity contribution in [2.24, 2.45) is 0 Å². The number of rotatable bonds is 9. The fourth-order valence-electron chi connectivity index (χ4n) is 2.57. The largest absolute Gasteiger partial charge is 0.482 e. The molecule has 2 aromatic rings. The maximum atomic E-state index is 12.5. The Morgan fingerprint density at radius 1 is 1.13 bits per heavy atom. The van der Waals surface area contributed by atoms with Gasteiger partial charge in [0, 0.05) is 25.0 Å². The van der Waals surface area contributed by atoms with Crippen molar-refractivity contribution >= 4 is 40.7 Å². The zero-order chi connectivity index (χ0) is 22.3. The summed E-state index contributed by atoms with van der Waals surface area (Å²) in [5, 5.41) is 3.24. The average Bonchev–Trinajstić information content (AvgIpc) is 2.69. The van der Waals surface area contributed by atoms with E-state index < -0.39 is 5.91 Å². The molecule has 2 amide bonds. The third-order valence-electron chi connectivity index (χ3n) is 4.07. The number of ether oxygens (including phenoxy) is 2. The highest BCUT2D eigenvalue weighted by molar-refractivity contribution is 6.33. The number of aromatic nitrogens is 1. The summed E-state index contributed by atoms with van der Waals surface area (Å²) in [5.41, 5.74) is 0.739. The molecule has 0 unspecified atom stereocenters. The first-order chi connectivity index (χ1) is 14.2. The fraction of sp³-hybridized carbons (Fsp3) is 0.381. The second-order valence-electron chi connectivity index (χ2n) is 6.63. The number of amides is 2. The van der Waals surface area contributed by atoms with Crippen molar-refractivity contribution in [3.05, 3.63) is 46.1 Å². The number of benzene rings is 1. The first-order valence-electron chi connectivity index (χ1n) is 9.58. The smallest absolute Gasteiger partial charge is 0.260 e. The minimum Gasteiger partial charge on any atom is -0.482 e. The van der Waals surface area contributed by atoms with Crippen molar-refractivity contribution in [3.63, 3.8) is 0 Å². The third-order valence-corrected chi connectivity index (χ3v) is 4.64. The molecule has 0 aliphatic heterocycles. The summed E-state index contributed by atoms with van der Waals surface area (Å²) >= 11 is 12.4. The number of pyridine rings is 1. The number of likely N-dealkylation sites (N-methyl/N-ethyl adjacent to an activating group) is 1. The maximum Gasteiger partial charge on any atom is 0.260 e. The SMILES string of the molecule is CCN(CC)C(=O)COc1ccc(NC(=O)c2cnc(OC(C)C)c(Cl)c2)cc1Cl. The number of carbonyl (C=O) groups excluding carboxylic acids is 2. The molecule has 30 heavy (non-hydrogen) atoms. The third kappa shape index (κ3) is 6.50. The normalized spacial score (nSPS) is 10.6. The van der Waals surface area contributed by atoms with Crippen LogP contribution in [0.4, 0.5) is 5.69 Å². The number of nitrogens with zero attached hydrogens (tertiary/aromatic N) is 2. The van der Waals surface area contributed by atoms with E-state index in [1.165, 1.54) is 12.3 Å². The topological polar surface area (TPSA) is 80.8 Å². The van der Waals surface area contributed by atoms with Crippen LogP contribution < -0.4 is 14.8 Å². The molecule has 0 fully saturated rings. The van der Waals surface area contributed by atoms with E-state index in [0.717, 1.165) is 0 Å². The van der Waals surface area contributed by atoms with E-state index in [4.69, 9.17) is 32.7 Å². The Kier molecular flexibility index (Phi) is 8.74. The maximum absolute atomic E-state index is 12.5. The van der Waals surface area contributed by atoms with Crippen LogP contribution in [-0.2, 0) is 4.79 Å². The number of nitrogens with one attached hydrogen (secondary N) is 1. The van der Waals surface area contributed by atoms with Crippen molar-refractivity contribution in [1.29, 1.82) is 0 Å². The van der Waals surface area contributed by atoms with Gasteiger partial charge in [-0.15, -0.1) is 0 Å². The van der Waals surface area contributed by atoms with E-state index in [1.54, 1.807) is 23.1 Å². The molecular formula is C21H25Cl2N3O4. The van der Waals surface area contributed by atoms with Gasteiger partial charge in [-0.05, 0) is 52.0 Å². The molecule has 0 bridgehead atoms. The predicted octanol–water partition coefficient (Wildman–Crippen LogP) is 4.68. The van der Waals surface area contributed by atoms with Crippen molar-refractivity contribution < 1.29 is 19.1 Å². The van der Waals surface area contributed by atoms with Crippen LogP contribution in [0.3, 0.4) is 0 Å². The number of carbonyl (C=O) groups is 2.